The summed E-state index contributed by atoms with van der Waals surface area (Å²) in [5.74, 6) is 0.891. The van der Waals surface area contributed by atoms with Gasteiger partial charge in [-0.05, 0) is 58.4 Å². The molecule has 1 unspecified atom stereocenters. The normalized spacial score (nSPS) is 28.4. The van der Waals surface area contributed by atoms with Gasteiger partial charge in [-0.3, -0.25) is 0 Å². The fraction of sp³-hybridized carbons (Fsp3) is 1.00. The van der Waals surface area contributed by atoms with Gasteiger partial charge in [0.25, 0.3) is 0 Å². The zero-order valence-electron chi connectivity index (χ0n) is 11.1. The highest BCUT2D eigenvalue weighted by molar-refractivity contribution is 4.74. The minimum absolute atomic E-state index is 0.564. The minimum Gasteiger partial charge on any atom is -0.379 e. The molecule has 0 aromatic heterocycles. The smallest absolute Gasteiger partial charge is 0.0620 e. The average molecular weight is 241 g/mol. The van der Waals surface area contributed by atoms with Gasteiger partial charge in [0.1, 0.15) is 0 Å². The van der Waals surface area contributed by atoms with Gasteiger partial charge in [-0.15, -0.1) is 0 Å². The zero-order valence-corrected chi connectivity index (χ0v) is 11.1. The number of rotatable bonds is 5. The summed E-state index contributed by atoms with van der Waals surface area (Å²) in [5, 5.41) is 7.09. The van der Waals surface area contributed by atoms with Crippen LogP contribution in [-0.2, 0) is 4.74 Å². The quantitative estimate of drug-likeness (QED) is 0.679. The first-order valence-electron chi connectivity index (χ1n) is 7.05. The first kappa shape index (κ1) is 13.3. The molecule has 2 heterocycles. The first-order valence-corrected chi connectivity index (χ1v) is 7.05. The lowest BCUT2D eigenvalue weighted by Crippen LogP contribution is -2.43. The fourth-order valence-corrected chi connectivity index (χ4v) is 2.65. The van der Waals surface area contributed by atoms with Gasteiger partial charge in [0.2, 0.25) is 0 Å². The molecule has 0 aromatic carbocycles. The minimum atomic E-state index is 0.564. The van der Waals surface area contributed by atoms with E-state index >= 15 is 0 Å². The SMILES string of the molecule is CN1CCC(CNCCC2COCCN2)CC1. The number of nitrogens with zero attached hydrogens (tertiary/aromatic N) is 1. The maximum absolute atomic E-state index is 5.45. The lowest BCUT2D eigenvalue weighted by atomic mass is 9.97. The molecule has 17 heavy (non-hydrogen) atoms. The Morgan fingerprint density at radius 3 is 2.88 bits per heavy atom. The largest absolute Gasteiger partial charge is 0.379 e. The highest BCUT2D eigenvalue weighted by Crippen LogP contribution is 2.14. The Kier molecular flexibility index (Phi) is 5.71. The van der Waals surface area contributed by atoms with Crippen LogP contribution in [0.4, 0.5) is 0 Å². The van der Waals surface area contributed by atoms with Crippen LogP contribution in [0, 0.1) is 5.92 Å². The van der Waals surface area contributed by atoms with Crippen LogP contribution in [0.3, 0.4) is 0 Å². The standard InChI is InChI=1S/C13H27N3O/c1-16-7-3-12(4-8-16)10-14-5-2-13-11-17-9-6-15-13/h12-15H,2-11H2,1H3. The van der Waals surface area contributed by atoms with Crippen molar-refractivity contribution in [3.05, 3.63) is 0 Å². The van der Waals surface area contributed by atoms with Crippen LogP contribution in [0.2, 0.25) is 0 Å². The van der Waals surface area contributed by atoms with Gasteiger partial charge in [-0.2, -0.15) is 0 Å². The van der Waals surface area contributed by atoms with E-state index in [1.54, 1.807) is 0 Å². The van der Waals surface area contributed by atoms with Crippen molar-refractivity contribution < 1.29 is 4.74 Å². The molecular weight excluding hydrogens is 214 g/mol. The lowest BCUT2D eigenvalue weighted by molar-refractivity contribution is 0.0741. The molecule has 1 atom stereocenters. The maximum atomic E-state index is 5.45. The van der Waals surface area contributed by atoms with Crippen molar-refractivity contribution in [2.45, 2.75) is 25.3 Å². The average Bonchev–Trinajstić information content (AvgIpc) is 2.38. The molecule has 0 aliphatic carbocycles. The van der Waals surface area contributed by atoms with E-state index in [9.17, 15) is 0 Å². The third kappa shape index (κ3) is 4.92. The number of piperidine rings is 1. The van der Waals surface area contributed by atoms with Crippen LogP contribution < -0.4 is 10.6 Å². The molecule has 2 fully saturated rings. The highest BCUT2D eigenvalue weighted by atomic mass is 16.5. The van der Waals surface area contributed by atoms with E-state index in [0.29, 0.717) is 6.04 Å². The van der Waals surface area contributed by atoms with E-state index in [1.807, 2.05) is 0 Å². The summed E-state index contributed by atoms with van der Waals surface area (Å²) in [6.07, 6.45) is 3.90. The second-order valence-corrected chi connectivity index (χ2v) is 5.47. The molecular formula is C13H27N3O. The van der Waals surface area contributed by atoms with Crippen molar-refractivity contribution in [3.8, 4) is 0 Å². The molecule has 2 aliphatic heterocycles. The van der Waals surface area contributed by atoms with Gasteiger partial charge >= 0.3 is 0 Å². The molecule has 0 aromatic rings. The predicted molar refractivity (Wildman–Crippen MR) is 70.3 cm³/mol. The Balaban J connectivity index is 1.48. The van der Waals surface area contributed by atoms with E-state index in [-0.39, 0.29) is 0 Å². The van der Waals surface area contributed by atoms with Gasteiger partial charge in [-0.1, -0.05) is 0 Å². The first-order chi connectivity index (χ1) is 8.34. The molecule has 0 amide bonds. The Bertz CT molecular complexity index is 199. The highest BCUT2D eigenvalue weighted by Gasteiger charge is 2.16. The summed E-state index contributed by atoms with van der Waals surface area (Å²) in [5.41, 5.74) is 0. The van der Waals surface area contributed by atoms with Crippen molar-refractivity contribution >= 4 is 0 Å². The van der Waals surface area contributed by atoms with Crippen LogP contribution in [-0.4, -0.2) is 63.9 Å². The van der Waals surface area contributed by atoms with Crippen molar-refractivity contribution in [2.75, 3.05) is 53.0 Å². The van der Waals surface area contributed by atoms with Crippen molar-refractivity contribution in [2.24, 2.45) is 5.92 Å². The molecule has 2 aliphatic rings. The molecule has 0 radical (unpaired) electrons. The Morgan fingerprint density at radius 2 is 2.18 bits per heavy atom. The summed E-state index contributed by atoms with van der Waals surface area (Å²) < 4.78 is 5.45. The van der Waals surface area contributed by atoms with Crippen molar-refractivity contribution in [3.63, 3.8) is 0 Å². The van der Waals surface area contributed by atoms with Gasteiger partial charge in [-0.25, -0.2) is 0 Å². The summed E-state index contributed by atoms with van der Waals surface area (Å²) in [6.45, 7) is 7.62. The second kappa shape index (κ2) is 7.31. The second-order valence-electron chi connectivity index (χ2n) is 5.47. The number of likely N-dealkylation sites (tertiary alicyclic amines) is 1. The Hall–Kier alpha value is -0.160. The van der Waals surface area contributed by atoms with Crippen LogP contribution in [0.25, 0.3) is 0 Å². The van der Waals surface area contributed by atoms with E-state index in [4.69, 9.17) is 4.74 Å². The summed E-state index contributed by atoms with van der Waals surface area (Å²) in [7, 11) is 2.22. The summed E-state index contributed by atoms with van der Waals surface area (Å²) in [6, 6.07) is 0.564. The zero-order chi connectivity index (χ0) is 11.9. The molecule has 2 N–H and O–H groups in total. The van der Waals surface area contributed by atoms with E-state index in [1.165, 1.54) is 38.9 Å². The number of morpholine rings is 1. The van der Waals surface area contributed by atoms with Gasteiger partial charge in [0.05, 0.1) is 13.2 Å². The lowest BCUT2D eigenvalue weighted by Gasteiger charge is -2.29. The van der Waals surface area contributed by atoms with Crippen LogP contribution in [0.5, 0.6) is 0 Å². The van der Waals surface area contributed by atoms with E-state index in [0.717, 1.165) is 32.2 Å². The maximum Gasteiger partial charge on any atom is 0.0620 e. The summed E-state index contributed by atoms with van der Waals surface area (Å²) in [4.78, 5) is 2.43. The summed E-state index contributed by atoms with van der Waals surface area (Å²) >= 11 is 0. The molecule has 0 bridgehead atoms. The number of ether oxygens (including phenoxy) is 1. The van der Waals surface area contributed by atoms with E-state index in [2.05, 4.69) is 22.6 Å². The van der Waals surface area contributed by atoms with Crippen molar-refractivity contribution in [1.29, 1.82) is 0 Å². The van der Waals surface area contributed by atoms with Crippen LogP contribution in [0.1, 0.15) is 19.3 Å². The predicted octanol–water partition coefficient (Wildman–Crippen LogP) is 0.296. The van der Waals surface area contributed by atoms with E-state index < -0.39 is 0 Å². The number of hydrogen-bond acceptors (Lipinski definition) is 4. The molecule has 2 saturated heterocycles. The van der Waals surface area contributed by atoms with Crippen LogP contribution in [0.15, 0.2) is 0 Å². The Labute approximate surface area is 105 Å². The molecule has 0 saturated carbocycles. The topological polar surface area (TPSA) is 36.5 Å². The molecule has 4 nitrogen and oxygen atoms in total. The Morgan fingerprint density at radius 1 is 1.35 bits per heavy atom. The monoisotopic (exact) mass is 241 g/mol. The third-order valence-corrected chi connectivity index (χ3v) is 3.94. The van der Waals surface area contributed by atoms with Gasteiger partial charge in [0.15, 0.2) is 0 Å². The van der Waals surface area contributed by atoms with Gasteiger partial charge < -0.3 is 20.3 Å². The molecule has 2 rings (SSSR count). The molecule has 0 spiro atoms. The third-order valence-electron chi connectivity index (χ3n) is 3.94. The molecule has 4 heteroatoms. The number of nitrogens with one attached hydrogen (secondary N) is 2. The van der Waals surface area contributed by atoms with Crippen LogP contribution >= 0.6 is 0 Å². The molecule has 100 valence electrons. The van der Waals surface area contributed by atoms with Crippen molar-refractivity contribution in [1.82, 2.24) is 15.5 Å². The number of hydrogen-bond donors (Lipinski definition) is 2. The van der Waals surface area contributed by atoms with Gasteiger partial charge in [0, 0.05) is 12.6 Å². The fourth-order valence-electron chi connectivity index (χ4n) is 2.65.